The van der Waals surface area contributed by atoms with E-state index in [4.69, 9.17) is 5.73 Å². The molecule has 2 aliphatic heterocycles. The van der Waals surface area contributed by atoms with Crippen LogP contribution in [-0.4, -0.2) is 4.57 Å². The van der Waals surface area contributed by atoms with Crippen LogP contribution in [-0.2, 0) is 5.41 Å². The molecule has 0 saturated carbocycles. The lowest BCUT2D eigenvalue weighted by molar-refractivity contribution is 0.693. The predicted molar refractivity (Wildman–Crippen MR) is 204 cm³/mol. The Labute approximate surface area is 290 Å². The van der Waals surface area contributed by atoms with Gasteiger partial charge in [0.1, 0.15) is 0 Å². The third-order valence-electron chi connectivity index (χ3n) is 10.5. The first kappa shape index (κ1) is 28.5. The average molecular weight is 648 g/mol. The van der Waals surface area contributed by atoms with Crippen LogP contribution in [0.15, 0.2) is 174 Å². The number of hydrogen-bond acceptors (Lipinski definition) is 3. The Balaban J connectivity index is 1.33. The van der Waals surface area contributed by atoms with Crippen molar-refractivity contribution in [3.05, 3.63) is 192 Å². The van der Waals surface area contributed by atoms with E-state index in [-0.39, 0.29) is 6.04 Å². The fraction of sp³-hybridized carbons (Fsp3) is 0.0667. The molecular weight excluding hydrogens is 615 g/mol. The van der Waals surface area contributed by atoms with Crippen LogP contribution >= 0.6 is 11.8 Å². The van der Waals surface area contributed by atoms with Gasteiger partial charge in [-0.15, -0.1) is 0 Å². The number of nitrogens with zero attached hydrogens (tertiary/aromatic N) is 2. The normalized spacial score (nSPS) is 14.7. The molecule has 1 aromatic heterocycles. The minimum atomic E-state index is -0.522. The number of para-hydroxylation sites is 4. The molecule has 0 bridgehead atoms. The van der Waals surface area contributed by atoms with Crippen LogP contribution in [0.2, 0.25) is 0 Å². The lowest BCUT2D eigenvalue weighted by atomic mass is 9.62. The fourth-order valence-corrected chi connectivity index (χ4v) is 9.60. The van der Waals surface area contributed by atoms with E-state index in [1.807, 2.05) is 18.7 Å². The summed E-state index contributed by atoms with van der Waals surface area (Å²) in [5.74, 6) is 0. The summed E-state index contributed by atoms with van der Waals surface area (Å²) in [4.78, 5) is 5.01. The summed E-state index contributed by atoms with van der Waals surface area (Å²) in [6, 6.07) is 60.4. The predicted octanol–water partition coefficient (Wildman–Crippen LogP) is 11.4. The minimum absolute atomic E-state index is 0.00839. The van der Waals surface area contributed by atoms with Gasteiger partial charge in [-0.3, -0.25) is 0 Å². The second kappa shape index (κ2) is 10.7. The van der Waals surface area contributed by atoms with Gasteiger partial charge < -0.3 is 15.2 Å². The fourth-order valence-electron chi connectivity index (χ4n) is 8.39. The smallest absolute Gasteiger partial charge is 0.0764 e. The number of benzene rings is 7. The van der Waals surface area contributed by atoms with Gasteiger partial charge in [0.2, 0.25) is 0 Å². The van der Waals surface area contributed by atoms with Gasteiger partial charge in [-0.1, -0.05) is 115 Å². The van der Waals surface area contributed by atoms with E-state index in [9.17, 15) is 0 Å². The molecule has 0 saturated heterocycles. The summed E-state index contributed by atoms with van der Waals surface area (Å²) in [5.41, 5.74) is 19.2. The summed E-state index contributed by atoms with van der Waals surface area (Å²) in [5, 5.41) is 2.50. The van der Waals surface area contributed by atoms with Crippen LogP contribution in [0.25, 0.3) is 27.5 Å². The molecule has 0 amide bonds. The topological polar surface area (TPSA) is 34.2 Å². The minimum Gasteiger partial charge on any atom is -0.324 e. The van der Waals surface area contributed by atoms with Gasteiger partial charge >= 0.3 is 0 Å². The van der Waals surface area contributed by atoms with Crippen LogP contribution in [0.5, 0.6) is 0 Å². The molecule has 49 heavy (non-hydrogen) atoms. The molecule has 3 nitrogen and oxygen atoms in total. The highest BCUT2D eigenvalue weighted by Crippen LogP contribution is 2.63. The van der Waals surface area contributed by atoms with Gasteiger partial charge in [-0.25, -0.2) is 0 Å². The Hall–Kier alpha value is -5.55. The molecule has 1 unspecified atom stereocenters. The second-order valence-corrected chi connectivity index (χ2v) is 14.2. The summed E-state index contributed by atoms with van der Waals surface area (Å²) in [6.07, 6.45) is 0. The molecule has 234 valence electrons. The van der Waals surface area contributed by atoms with E-state index in [0.717, 1.165) is 16.9 Å². The van der Waals surface area contributed by atoms with E-state index in [2.05, 4.69) is 173 Å². The Bertz CT molecular complexity index is 2520. The zero-order chi connectivity index (χ0) is 32.7. The molecule has 2 aliphatic rings. The Morgan fingerprint density at radius 3 is 1.84 bits per heavy atom. The van der Waals surface area contributed by atoms with Crippen molar-refractivity contribution in [3.8, 4) is 5.69 Å². The summed E-state index contributed by atoms with van der Waals surface area (Å²) < 4.78 is 2.42. The first-order valence-corrected chi connectivity index (χ1v) is 17.7. The molecule has 10 rings (SSSR count). The summed E-state index contributed by atoms with van der Waals surface area (Å²) in [6.45, 7) is 2.03. The first-order chi connectivity index (χ1) is 24.1. The summed E-state index contributed by atoms with van der Waals surface area (Å²) in [7, 11) is 0. The van der Waals surface area contributed by atoms with Crippen molar-refractivity contribution in [2.75, 3.05) is 4.90 Å². The van der Waals surface area contributed by atoms with Gasteiger partial charge in [0.25, 0.3) is 0 Å². The van der Waals surface area contributed by atoms with Crippen molar-refractivity contribution in [3.63, 3.8) is 0 Å². The van der Waals surface area contributed by atoms with E-state index in [0.29, 0.717) is 0 Å². The molecule has 3 heterocycles. The Morgan fingerprint density at radius 1 is 0.510 bits per heavy atom. The molecule has 0 aliphatic carbocycles. The highest BCUT2D eigenvalue weighted by atomic mass is 32.2. The highest BCUT2D eigenvalue weighted by Gasteiger charge is 2.50. The van der Waals surface area contributed by atoms with Crippen molar-refractivity contribution in [2.24, 2.45) is 5.73 Å². The maximum absolute atomic E-state index is 6.24. The molecule has 0 fully saturated rings. The molecule has 1 spiro atoms. The molecular formula is C45H33N3S. The maximum Gasteiger partial charge on any atom is 0.0764 e. The van der Waals surface area contributed by atoms with Crippen LogP contribution in [0, 0.1) is 0 Å². The van der Waals surface area contributed by atoms with E-state index < -0.39 is 5.41 Å². The van der Waals surface area contributed by atoms with Gasteiger partial charge in [0.05, 0.1) is 27.8 Å². The lowest BCUT2D eigenvalue weighted by Crippen LogP contribution is -2.39. The number of rotatable bonds is 3. The number of fused-ring (bicyclic) bond motifs is 11. The molecule has 2 N–H and O–H groups in total. The molecule has 1 atom stereocenters. The zero-order valence-electron chi connectivity index (χ0n) is 27.0. The third-order valence-corrected chi connectivity index (χ3v) is 11.6. The van der Waals surface area contributed by atoms with Crippen LogP contribution < -0.4 is 10.6 Å². The van der Waals surface area contributed by atoms with Gasteiger partial charge in [0.15, 0.2) is 0 Å². The number of aromatic nitrogens is 1. The van der Waals surface area contributed by atoms with Gasteiger partial charge in [-0.05, 0) is 95.4 Å². The largest absolute Gasteiger partial charge is 0.324 e. The van der Waals surface area contributed by atoms with Crippen LogP contribution in [0.4, 0.5) is 17.1 Å². The summed E-state index contributed by atoms with van der Waals surface area (Å²) >= 11 is 1.89. The molecule has 7 aromatic carbocycles. The second-order valence-electron chi connectivity index (χ2n) is 13.2. The Kier molecular flexibility index (Phi) is 6.23. The SMILES string of the molecule is CC(N)c1ccc(-n2c3ccccc3c3cc4c(cc32)Sc2ccccc2C42c3ccccc3N(c3ccccc3)c3ccccc32)cc1. The maximum atomic E-state index is 6.24. The zero-order valence-corrected chi connectivity index (χ0v) is 27.9. The van der Waals surface area contributed by atoms with Crippen molar-refractivity contribution in [1.29, 1.82) is 0 Å². The van der Waals surface area contributed by atoms with Crippen LogP contribution in [0.3, 0.4) is 0 Å². The van der Waals surface area contributed by atoms with E-state index in [1.54, 1.807) is 0 Å². The lowest BCUT2D eigenvalue weighted by Gasteiger charge is -2.49. The quantitative estimate of drug-likeness (QED) is 0.207. The van der Waals surface area contributed by atoms with Gasteiger partial charge in [-0.2, -0.15) is 0 Å². The first-order valence-electron chi connectivity index (χ1n) is 16.9. The number of hydrogen-bond donors (Lipinski definition) is 1. The van der Waals surface area contributed by atoms with E-state index >= 15 is 0 Å². The van der Waals surface area contributed by atoms with Crippen LogP contribution in [0.1, 0.15) is 40.8 Å². The van der Waals surface area contributed by atoms with Crippen molar-refractivity contribution in [2.45, 2.75) is 28.2 Å². The van der Waals surface area contributed by atoms with Gasteiger partial charge in [0, 0.05) is 38.0 Å². The monoisotopic (exact) mass is 647 g/mol. The molecule has 4 heteroatoms. The average Bonchev–Trinajstić information content (AvgIpc) is 3.47. The molecule has 0 radical (unpaired) electrons. The van der Waals surface area contributed by atoms with E-state index in [1.165, 1.54) is 65.2 Å². The number of anilines is 3. The highest BCUT2D eigenvalue weighted by molar-refractivity contribution is 7.99. The van der Waals surface area contributed by atoms with Crippen molar-refractivity contribution < 1.29 is 0 Å². The van der Waals surface area contributed by atoms with Crippen molar-refractivity contribution in [1.82, 2.24) is 4.57 Å². The Morgan fingerprint density at radius 2 is 1.12 bits per heavy atom. The standard InChI is InChI=1S/C45H33N3S/c1-29(46)30-23-25-32(26-24-30)47-39-19-9-5-15-33(39)34-27-38-44(28-42(34)47)49-43-22-12-8-18-37(43)45(38)35-16-6-10-20-40(35)48(31-13-3-2-4-14-31)41-21-11-7-17-36(41)45/h2-29H,46H2,1H3. The third kappa shape index (κ3) is 3.96. The number of nitrogens with two attached hydrogens (primary N) is 1. The van der Waals surface area contributed by atoms with Crippen molar-refractivity contribution >= 4 is 50.6 Å². The molecule has 8 aromatic rings.